The van der Waals surface area contributed by atoms with Gasteiger partial charge in [0.15, 0.2) is 0 Å². The van der Waals surface area contributed by atoms with Crippen LogP contribution in [0.15, 0.2) is 78.9 Å². The number of benzene rings is 3. The van der Waals surface area contributed by atoms with Gasteiger partial charge in [-0.05, 0) is 48.0 Å². The predicted octanol–water partition coefficient (Wildman–Crippen LogP) is 3.63. The fourth-order valence-corrected chi connectivity index (χ4v) is 5.68. The minimum absolute atomic E-state index is 0.106. The molecule has 3 aromatic rings. The zero-order valence-electron chi connectivity index (χ0n) is 20.2. The Morgan fingerprint density at radius 2 is 1.63 bits per heavy atom. The molecule has 10 nitrogen and oxygen atoms in total. The summed E-state index contributed by atoms with van der Waals surface area (Å²) in [6.07, 6.45) is 3.79. The molecule has 0 radical (unpaired) electrons. The first-order chi connectivity index (χ1) is 18.4. The minimum Gasteiger partial charge on any atom is -0.497 e. The summed E-state index contributed by atoms with van der Waals surface area (Å²) < 4.78 is 5.20. The van der Waals surface area contributed by atoms with E-state index in [4.69, 9.17) is 4.74 Å². The largest absolute Gasteiger partial charge is 0.497 e. The van der Waals surface area contributed by atoms with Crippen LogP contribution >= 0.6 is 0 Å². The highest BCUT2D eigenvalue weighted by atomic mass is 16.6. The van der Waals surface area contributed by atoms with Gasteiger partial charge in [-0.25, -0.2) is 4.90 Å². The summed E-state index contributed by atoms with van der Waals surface area (Å²) in [6.45, 7) is 0. The molecular formula is C28H22N4O6. The Hall–Kier alpha value is -4.99. The SMILES string of the molecule is COc1ccc(N2C(=O)[C@@H]3[C@@H](C2=O)[C@@H](C(=O)Nc2ccc([N+](=O)[O-])cc2)N2c4ccccc4C=C[C@H]32)cc1. The summed E-state index contributed by atoms with van der Waals surface area (Å²) in [5, 5.41) is 13.8. The maximum Gasteiger partial charge on any atom is 0.269 e. The van der Waals surface area contributed by atoms with Gasteiger partial charge in [-0.2, -0.15) is 0 Å². The van der Waals surface area contributed by atoms with Crippen molar-refractivity contribution >= 4 is 46.5 Å². The lowest BCUT2D eigenvalue weighted by Crippen LogP contribution is -2.50. The van der Waals surface area contributed by atoms with Crippen molar-refractivity contribution in [1.29, 1.82) is 0 Å². The molecule has 0 spiro atoms. The van der Waals surface area contributed by atoms with E-state index in [1.54, 1.807) is 24.3 Å². The smallest absolute Gasteiger partial charge is 0.269 e. The van der Waals surface area contributed by atoms with Gasteiger partial charge >= 0.3 is 0 Å². The summed E-state index contributed by atoms with van der Waals surface area (Å²) >= 11 is 0. The standard InChI is InChI=1S/C28H22N4O6/c1-38-20-13-11-18(12-14-20)30-27(34)23-22-15-6-16-4-2-3-5-21(16)31(22)25(24(23)28(30)35)26(33)29-17-7-9-19(10-8-17)32(36)37/h2-15,22-25H,1H3,(H,29,33)/t22-,23+,24-,25+/m1/s1. The van der Waals surface area contributed by atoms with Gasteiger partial charge in [-0.15, -0.1) is 0 Å². The van der Waals surface area contributed by atoms with Gasteiger partial charge in [0.1, 0.15) is 11.8 Å². The van der Waals surface area contributed by atoms with Crippen LogP contribution in [-0.2, 0) is 14.4 Å². The van der Waals surface area contributed by atoms with Crippen molar-refractivity contribution in [2.24, 2.45) is 11.8 Å². The van der Waals surface area contributed by atoms with E-state index in [0.717, 1.165) is 16.2 Å². The number of non-ortho nitro benzene ring substituents is 1. The molecule has 4 atom stereocenters. The molecule has 38 heavy (non-hydrogen) atoms. The van der Waals surface area contributed by atoms with Gasteiger partial charge in [0.25, 0.3) is 5.69 Å². The number of carbonyl (C=O) groups is 3. The number of carbonyl (C=O) groups excluding carboxylic acids is 3. The van der Waals surface area contributed by atoms with Crippen molar-refractivity contribution in [2.75, 3.05) is 22.2 Å². The van der Waals surface area contributed by atoms with Crippen LogP contribution in [0.4, 0.5) is 22.7 Å². The Labute approximate surface area is 217 Å². The molecule has 0 bridgehead atoms. The van der Waals surface area contributed by atoms with E-state index in [2.05, 4.69) is 5.32 Å². The number of nitro groups is 1. The van der Waals surface area contributed by atoms with Crippen LogP contribution in [0.5, 0.6) is 5.75 Å². The lowest BCUT2D eigenvalue weighted by molar-refractivity contribution is -0.384. The molecule has 0 saturated carbocycles. The fraction of sp³-hybridized carbons (Fsp3) is 0.179. The van der Waals surface area contributed by atoms with Crippen LogP contribution in [0.3, 0.4) is 0 Å². The Balaban J connectivity index is 1.39. The molecule has 0 aromatic heterocycles. The van der Waals surface area contributed by atoms with Crippen LogP contribution in [0.25, 0.3) is 6.08 Å². The molecule has 10 heteroatoms. The third-order valence-corrected chi connectivity index (χ3v) is 7.36. The van der Waals surface area contributed by atoms with E-state index in [1.165, 1.54) is 31.4 Å². The number of rotatable bonds is 5. The van der Waals surface area contributed by atoms with Gasteiger partial charge in [0, 0.05) is 23.5 Å². The van der Waals surface area contributed by atoms with Gasteiger partial charge in [0.05, 0.1) is 35.6 Å². The second-order valence-electron chi connectivity index (χ2n) is 9.32. The second kappa shape index (κ2) is 8.84. The first-order valence-electron chi connectivity index (χ1n) is 12.0. The van der Waals surface area contributed by atoms with Crippen LogP contribution in [0.2, 0.25) is 0 Å². The van der Waals surface area contributed by atoms with Crippen LogP contribution in [0, 0.1) is 22.0 Å². The highest BCUT2D eigenvalue weighted by Gasteiger charge is 2.64. The van der Waals surface area contributed by atoms with Gasteiger partial charge < -0.3 is 15.0 Å². The van der Waals surface area contributed by atoms with E-state index in [1.807, 2.05) is 41.3 Å². The summed E-state index contributed by atoms with van der Waals surface area (Å²) in [7, 11) is 1.53. The Morgan fingerprint density at radius 3 is 2.32 bits per heavy atom. The Bertz CT molecular complexity index is 1500. The molecule has 0 unspecified atom stereocenters. The molecule has 1 N–H and O–H groups in total. The van der Waals surface area contributed by atoms with Crippen molar-refractivity contribution in [3.63, 3.8) is 0 Å². The Kier molecular flexibility index (Phi) is 5.45. The number of hydrogen-bond donors (Lipinski definition) is 1. The van der Waals surface area contributed by atoms with Crippen LogP contribution in [-0.4, -0.2) is 41.8 Å². The van der Waals surface area contributed by atoms with Crippen molar-refractivity contribution in [3.8, 4) is 5.75 Å². The Morgan fingerprint density at radius 1 is 0.947 bits per heavy atom. The molecule has 2 saturated heterocycles. The molecule has 190 valence electrons. The summed E-state index contributed by atoms with van der Waals surface area (Å²) in [5.41, 5.74) is 2.30. The van der Waals surface area contributed by atoms with E-state index < -0.39 is 40.7 Å². The third-order valence-electron chi connectivity index (χ3n) is 7.36. The second-order valence-corrected chi connectivity index (χ2v) is 9.32. The van der Waals surface area contributed by atoms with E-state index >= 15 is 0 Å². The summed E-state index contributed by atoms with van der Waals surface area (Å²) in [5.74, 6) is -2.39. The molecule has 0 aliphatic carbocycles. The normalized spacial score (nSPS) is 23.1. The van der Waals surface area contributed by atoms with Crippen molar-refractivity contribution in [1.82, 2.24) is 0 Å². The quantitative estimate of drug-likeness (QED) is 0.316. The number of nitrogens with zero attached hydrogens (tertiary/aromatic N) is 3. The number of nitrogens with one attached hydrogen (secondary N) is 1. The van der Waals surface area contributed by atoms with Gasteiger partial charge in [0.2, 0.25) is 17.7 Å². The monoisotopic (exact) mass is 510 g/mol. The molecule has 3 aliphatic heterocycles. The van der Waals surface area contributed by atoms with E-state index in [0.29, 0.717) is 17.1 Å². The van der Waals surface area contributed by atoms with Crippen molar-refractivity contribution in [2.45, 2.75) is 12.1 Å². The number of anilines is 3. The lowest BCUT2D eigenvalue weighted by atomic mass is 9.88. The van der Waals surface area contributed by atoms with E-state index in [9.17, 15) is 24.5 Å². The van der Waals surface area contributed by atoms with Crippen molar-refractivity contribution < 1.29 is 24.0 Å². The maximum absolute atomic E-state index is 13.9. The molecule has 3 amide bonds. The number of hydrogen-bond acceptors (Lipinski definition) is 7. The first kappa shape index (κ1) is 23.4. The first-order valence-corrected chi connectivity index (χ1v) is 12.0. The minimum atomic E-state index is -0.981. The number of ether oxygens (including phenoxy) is 1. The van der Waals surface area contributed by atoms with Crippen molar-refractivity contribution in [3.05, 3.63) is 94.6 Å². The number of para-hydroxylation sites is 1. The number of nitro benzene ring substituents is 1. The fourth-order valence-electron chi connectivity index (χ4n) is 5.68. The maximum atomic E-state index is 13.9. The number of imide groups is 1. The summed E-state index contributed by atoms with van der Waals surface area (Å²) in [6, 6.07) is 18.1. The molecule has 3 heterocycles. The molecule has 3 aliphatic rings. The van der Waals surface area contributed by atoms with Crippen LogP contribution < -0.4 is 19.9 Å². The zero-order valence-corrected chi connectivity index (χ0v) is 20.2. The molecule has 3 aromatic carbocycles. The highest BCUT2D eigenvalue weighted by molar-refractivity contribution is 6.25. The number of fused-ring (bicyclic) bond motifs is 5. The third kappa shape index (κ3) is 3.52. The number of methoxy groups -OCH3 is 1. The van der Waals surface area contributed by atoms with Gasteiger partial charge in [-0.3, -0.25) is 24.5 Å². The average Bonchev–Trinajstić information content (AvgIpc) is 3.41. The summed E-state index contributed by atoms with van der Waals surface area (Å²) in [4.78, 5) is 54.9. The molecule has 2 fully saturated rings. The zero-order chi connectivity index (χ0) is 26.6. The topological polar surface area (TPSA) is 122 Å². The number of amides is 3. The van der Waals surface area contributed by atoms with Gasteiger partial charge in [-0.1, -0.05) is 30.4 Å². The predicted molar refractivity (Wildman–Crippen MR) is 140 cm³/mol. The molecular weight excluding hydrogens is 488 g/mol. The average molecular weight is 511 g/mol. The van der Waals surface area contributed by atoms with E-state index in [-0.39, 0.29) is 11.6 Å². The highest BCUT2D eigenvalue weighted by Crippen LogP contribution is 2.49. The molecule has 6 rings (SSSR count). The van der Waals surface area contributed by atoms with Crippen LogP contribution in [0.1, 0.15) is 5.56 Å². The lowest BCUT2D eigenvalue weighted by Gasteiger charge is -2.36.